The number of fused-ring (bicyclic) bond motifs is 1. The first-order chi connectivity index (χ1) is 9.78. The number of hydrogen-bond acceptors (Lipinski definition) is 2. The van der Waals surface area contributed by atoms with E-state index in [4.69, 9.17) is 4.74 Å². The summed E-state index contributed by atoms with van der Waals surface area (Å²) in [6, 6.07) is 8.49. The Morgan fingerprint density at radius 2 is 2.10 bits per heavy atom. The maximum absolute atomic E-state index is 12.6. The predicted molar refractivity (Wildman–Crippen MR) is 79.9 cm³/mol. The highest BCUT2D eigenvalue weighted by Crippen LogP contribution is 2.38. The van der Waals surface area contributed by atoms with Crippen molar-refractivity contribution in [2.24, 2.45) is 5.92 Å². The number of benzene rings is 1. The molecule has 1 saturated carbocycles. The smallest absolute Gasteiger partial charge is 0.140 e. The Bertz CT molecular complexity index is 474. The number of rotatable bonds is 5. The second kappa shape index (κ2) is 6.09. The Kier molecular flexibility index (Phi) is 4.21. The van der Waals surface area contributed by atoms with Gasteiger partial charge >= 0.3 is 0 Å². The van der Waals surface area contributed by atoms with Crippen LogP contribution in [0.15, 0.2) is 24.3 Å². The van der Waals surface area contributed by atoms with Crippen LogP contribution < -0.4 is 0 Å². The summed E-state index contributed by atoms with van der Waals surface area (Å²) in [5.74, 6) is 1.18. The first-order valence-corrected chi connectivity index (χ1v) is 8.00. The average Bonchev–Trinajstić information content (AvgIpc) is 2.44. The van der Waals surface area contributed by atoms with Crippen LogP contribution >= 0.6 is 0 Å². The van der Waals surface area contributed by atoms with Crippen molar-refractivity contribution >= 4 is 5.78 Å². The molecule has 0 aliphatic heterocycles. The first-order valence-electron chi connectivity index (χ1n) is 8.00. The number of Topliss-reactive ketones (excluding diaryl/α,β-unsaturated/α-hetero) is 1. The summed E-state index contributed by atoms with van der Waals surface area (Å²) in [6.45, 7) is 2.83. The van der Waals surface area contributed by atoms with Crippen LogP contribution in [0.25, 0.3) is 0 Å². The van der Waals surface area contributed by atoms with Gasteiger partial charge in [-0.1, -0.05) is 24.3 Å². The van der Waals surface area contributed by atoms with E-state index in [-0.39, 0.29) is 5.92 Å². The molecule has 0 amide bonds. The molecule has 0 spiro atoms. The van der Waals surface area contributed by atoms with E-state index >= 15 is 0 Å². The lowest BCUT2D eigenvalue weighted by Crippen LogP contribution is -2.34. The van der Waals surface area contributed by atoms with Crippen molar-refractivity contribution in [3.63, 3.8) is 0 Å². The lowest BCUT2D eigenvalue weighted by Gasteiger charge is -2.35. The fourth-order valence-electron chi connectivity index (χ4n) is 3.73. The molecule has 1 aromatic rings. The Morgan fingerprint density at radius 1 is 1.30 bits per heavy atom. The minimum atomic E-state index is 0.158. The molecule has 0 bridgehead atoms. The summed E-state index contributed by atoms with van der Waals surface area (Å²) in [5, 5.41) is 0. The van der Waals surface area contributed by atoms with Gasteiger partial charge in [0.25, 0.3) is 0 Å². The SMILES string of the molecule is CCOC1CC(CC(=O)C2CCCc3ccccc32)C1. The van der Waals surface area contributed by atoms with E-state index in [1.807, 2.05) is 6.92 Å². The van der Waals surface area contributed by atoms with Crippen LogP contribution in [0.1, 0.15) is 56.1 Å². The molecule has 2 aliphatic carbocycles. The minimum Gasteiger partial charge on any atom is -0.378 e. The molecular weight excluding hydrogens is 248 g/mol. The van der Waals surface area contributed by atoms with Crippen molar-refractivity contribution in [2.75, 3.05) is 6.61 Å². The zero-order valence-electron chi connectivity index (χ0n) is 12.3. The molecule has 1 fully saturated rings. The number of aryl methyl sites for hydroxylation is 1. The van der Waals surface area contributed by atoms with Gasteiger partial charge in [0.1, 0.15) is 5.78 Å². The van der Waals surface area contributed by atoms with E-state index in [0.29, 0.717) is 17.8 Å². The molecule has 1 atom stereocenters. The summed E-state index contributed by atoms with van der Waals surface area (Å²) >= 11 is 0. The van der Waals surface area contributed by atoms with Crippen LogP contribution in [-0.2, 0) is 16.0 Å². The van der Waals surface area contributed by atoms with E-state index in [2.05, 4.69) is 24.3 Å². The number of hydrogen-bond donors (Lipinski definition) is 0. The summed E-state index contributed by atoms with van der Waals surface area (Å²) in [6.07, 6.45) is 6.65. The highest BCUT2D eigenvalue weighted by atomic mass is 16.5. The molecule has 0 aromatic heterocycles. The molecule has 108 valence electrons. The van der Waals surface area contributed by atoms with Gasteiger partial charge in [-0.25, -0.2) is 0 Å². The van der Waals surface area contributed by atoms with Gasteiger partial charge in [0.05, 0.1) is 6.10 Å². The molecule has 0 heterocycles. The quantitative estimate of drug-likeness (QED) is 0.813. The van der Waals surface area contributed by atoms with Gasteiger partial charge in [-0.3, -0.25) is 4.79 Å². The highest BCUT2D eigenvalue weighted by Gasteiger charge is 2.34. The van der Waals surface area contributed by atoms with Crippen molar-refractivity contribution in [2.45, 2.75) is 57.5 Å². The molecule has 0 saturated heterocycles. The highest BCUT2D eigenvalue weighted by molar-refractivity contribution is 5.86. The zero-order chi connectivity index (χ0) is 13.9. The number of carbonyl (C=O) groups excluding carboxylic acids is 1. The third-order valence-electron chi connectivity index (χ3n) is 4.84. The lowest BCUT2D eigenvalue weighted by atomic mass is 9.74. The van der Waals surface area contributed by atoms with Gasteiger partial charge in [0.2, 0.25) is 0 Å². The van der Waals surface area contributed by atoms with Gasteiger partial charge in [0.15, 0.2) is 0 Å². The largest absolute Gasteiger partial charge is 0.378 e. The molecule has 1 unspecified atom stereocenters. The van der Waals surface area contributed by atoms with Gasteiger partial charge in [0, 0.05) is 18.9 Å². The first kappa shape index (κ1) is 13.8. The Balaban J connectivity index is 1.59. The summed E-state index contributed by atoms with van der Waals surface area (Å²) in [7, 11) is 0. The molecule has 1 aromatic carbocycles. The van der Waals surface area contributed by atoms with Crippen molar-refractivity contribution < 1.29 is 9.53 Å². The number of carbonyl (C=O) groups is 1. The minimum absolute atomic E-state index is 0.158. The second-order valence-corrected chi connectivity index (χ2v) is 6.23. The Hall–Kier alpha value is -1.15. The lowest BCUT2D eigenvalue weighted by molar-refractivity contribution is -0.124. The van der Waals surface area contributed by atoms with Crippen molar-refractivity contribution in [1.29, 1.82) is 0 Å². The van der Waals surface area contributed by atoms with Crippen LogP contribution in [0.3, 0.4) is 0 Å². The second-order valence-electron chi connectivity index (χ2n) is 6.23. The van der Waals surface area contributed by atoms with Crippen LogP contribution in [0.2, 0.25) is 0 Å². The fourth-order valence-corrected chi connectivity index (χ4v) is 3.73. The molecule has 2 nitrogen and oxygen atoms in total. The van der Waals surface area contributed by atoms with E-state index in [9.17, 15) is 4.79 Å². The molecule has 20 heavy (non-hydrogen) atoms. The van der Waals surface area contributed by atoms with E-state index in [0.717, 1.165) is 45.1 Å². The fraction of sp³-hybridized carbons (Fsp3) is 0.611. The summed E-state index contributed by atoms with van der Waals surface area (Å²) < 4.78 is 5.58. The summed E-state index contributed by atoms with van der Waals surface area (Å²) in [5.41, 5.74) is 2.68. The molecular formula is C18H24O2. The summed E-state index contributed by atoms with van der Waals surface area (Å²) in [4.78, 5) is 12.6. The number of ether oxygens (including phenoxy) is 1. The topological polar surface area (TPSA) is 26.3 Å². The van der Waals surface area contributed by atoms with E-state index in [1.54, 1.807) is 0 Å². The van der Waals surface area contributed by atoms with Crippen molar-refractivity contribution in [3.8, 4) is 0 Å². The van der Waals surface area contributed by atoms with Crippen LogP contribution in [0.4, 0.5) is 0 Å². The number of ketones is 1. The van der Waals surface area contributed by atoms with Crippen LogP contribution in [0.5, 0.6) is 0 Å². The maximum Gasteiger partial charge on any atom is 0.140 e. The molecule has 0 radical (unpaired) electrons. The van der Waals surface area contributed by atoms with E-state index < -0.39 is 0 Å². The van der Waals surface area contributed by atoms with Crippen LogP contribution in [0, 0.1) is 5.92 Å². The third-order valence-corrected chi connectivity index (χ3v) is 4.84. The van der Waals surface area contributed by atoms with Crippen molar-refractivity contribution in [3.05, 3.63) is 35.4 Å². The monoisotopic (exact) mass is 272 g/mol. The molecule has 0 N–H and O–H groups in total. The standard InChI is InChI=1S/C18H24O2/c1-2-20-15-10-13(11-15)12-18(19)17-9-5-7-14-6-3-4-8-16(14)17/h3-4,6,8,13,15,17H,2,5,7,9-12H2,1H3. The van der Waals surface area contributed by atoms with E-state index in [1.165, 1.54) is 11.1 Å². The van der Waals surface area contributed by atoms with Gasteiger partial charge < -0.3 is 4.74 Å². The average molecular weight is 272 g/mol. The van der Waals surface area contributed by atoms with Crippen molar-refractivity contribution in [1.82, 2.24) is 0 Å². The Morgan fingerprint density at radius 3 is 2.90 bits per heavy atom. The molecule has 2 aliphatic rings. The van der Waals surface area contributed by atoms with Gasteiger partial charge in [-0.15, -0.1) is 0 Å². The van der Waals surface area contributed by atoms with Crippen LogP contribution in [-0.4, -0.2) is 18.5 Å². The predicted octanol–water partition coefficient (Wildman–Crippen LogP) is 3.88. The molecule has 2 heteroatoms. The normalized spacial score (nSPS) is 28.6. The molecule has 3 rings (SSSR count). The maximum atomic E-state index is 12.6. The third kappa shape index (κ3) is 2.80. The Labute approximate surface area is 121 Å². The zero-order valence-corrected chi connectivity index (χ0v) is 12.3. The van der Waals surface area contributed by atoms with Gasteiger partial charge in [-0.05, 0) is 56.1 Å². The van der Waals surface area contributed by atoms with Gasteiger partial charge in [-0.2, -0.15) is 0 Å².